The van der Waals surface area contributed by atoms with Gasteiger partial charge in [0.2, 0.25) is 5.91 Å². The average Bonchev–Trinajstić information content (AvgIpc) is 3.66. The smallest absolute Gasteiger partial charge is 0.379 e. The molecule has 4 nitrogen and oxygen atoms in total. The van der Waals surface area contributed by atoms with Crippen molar-refractivity contribution in [3.8, 4) is 0 Å². The number of nitrogens with zero attached hydrogens (tertiary/aromatic N) is 1. The largest absolute Gasteiger partial charge is 0.417 e. The van der Waals surface area contributed by atoms with Gasteiger partial charge in [-0.3, -0.25) is 4.79 Å². The van der Waals surface area contributed by atoms with Gasteiger partial charge in [-0.25, -0.2) is 9.37 Å². The highest BCUT2D eigenvalue weighted by atomic mass is 19.4. The van der Waals surface area contributed by atoms with Gasteiger partial charge >= 0.3 is 6.18 Å². The predicted molar refractivity (Wildman–Crippen MR) is 132 cm³/mol. The molecule has 0 spiro atoms. The number of allylic oxidation sites excluding steroid dienone is 1. The molecule has 1 aromatic heterocycles. The van der Waals surface area contributed by atoms with Gasteiger partial charge in [-0.1, -0.05) is 24.8 Å². The summed E-state index contributed by atoms with van der Waals surface area (Å²) in [6, 6.07) is 6.40. The average molecular weight is 500 g/mol. The van der Waals surface area contributed by atoms with E-state index in [4.69, 9.17) is 0 Å². The van der Waals surface area contributed by atoms with Gasteiger partial charge in [0.05, 0.1) is 23.0 Å². The third kappa shape index (κ3) is 4.08. The van der Waals surface area contributed by atoms with Gasteiger partial charge in [0.15, 0.2) is 0 Å². The predicted octanol–water partition coefficient (Wildman–Crippen LogP) is 6.14. The number of amides is 1. The minimum Gasteiger partial charge on any atom is -0.379 e. The number of aromatic nitrogens is 1. The SMILES string of the molecule is C=C(c1nc(/C=C/CNC(=O)C2CC2)cc2c(N[C@@H]3CC4C[C@@H]5CC(C45)[C@@H]3F)cccc12)C(F)(F)F. The summed E-state index contributed by atoms with van der Waals surface area (Å²) in [5.74, 6) is 1.92. The van der Waals surface area contributed by atoms with Crippen LogP contribution in [0.4, 0.5) is 23.2 Å². The van der Waals surface area contributed by atoms with Crippen LogP contribution in [0, 0.1) is 29.6 Å². The van der Waals surface area contributed by atoms with Gasteiger partial charge < -0.3 is 10.6 Å². The Morgan fingerprint density at radius 3 is 2.64 bits per heavy atom. The van der Waals surface area contributed by atoms with Gasteiger partial charge in [0.1, 0.15) is 6.17 Å². The fourth-order valence-electron chi connectivity index (χ4n) is 6.55. The number of halogens is 4. The van der Waals surface area contributed by atoms with Gasteiger partial charge in [-0.05, 0) is 74.0 Å². The van der Waals surface area contributed by atoms with Crippen LogP contribution in [0.2, 0.25) is 0 Å². The van der Waals surface area contributed by atoms with E-state index in [2.05, 4.69) is 22.2 Å². The molecular formula is C28H29F4N3O. The van der Waals surface area contributed by atoms with Crippen LogP contribution in [-0.4, -0.2) is 35.8 Å². The summed E-state index contributed by atoms with van der Waals surface area (Å²) in [6.07, 6.45) is 2.31. The Labute approximate surface area is 207 Å². The Bertz CT molecular complexity index is 1250. The Morgan fingerprint density at radius 1 is 1.14 bits per heavy atom. The fourth-order valence-corrected chi connectivity index (χ4v) is 6.55. The van der Waals surface area contributed by atoms with Crippen molar-refractivity contribution in [2.24, 2.45) is 29.6 Å². The number of fused-ring (bicyclic) bond motifs is 1. The van der Waals surface area contributed by atoms with Crippen LogP contribution in [0.25, 0.3) is 22.4 Å². The summed E-state index contributed by atoms with van der Waals surface area (Å²) >= 11 is 0. The second-order valence-electron chi connectivity index (χ2n) is 10.9. The Kier molecular flexibility index (Phi) is 5.61. The lowest BCUT2D eigenvalue weighted by atomic mass is 9.42. The highest BCUT2D eigenvalue weighted by Gasteiger charge is 2.61. The maximum absolute atomic E-state index is 15.3. The lowest BCUT2D eigenvalue weighted by molar-refractivity contribution is -0.156. The standard InChI is InChI=1S/C28H29F4N3O/c1-14(28(30,31)32)26-19-5-2-6-22(35-23-12-17-10-16-11-21(24(16)17)25(23)29)20(19)13-18(34-26)4-3-9-33-27(36)15-7-8-15/h2-6,13,15-17,21,23-25,35H,1,7-12H2,(H,33,36)/b4-3+/t16-,17?,21?,23-,24?,25+/m1/s1. The van der Waals surface area contributed by atoms with Crippen molar-refractivity contribution < 1.29 is 22.4 Å². The van der Waals surface area contributed by atoms with E-state index in [1.807, 2.05) is 0 Å². The molecule has 0 aliphatic heterocycles. The van der Waals surface area contributed by atoms with E-state index in [0.29, 0.717) is 39.9 Å². The first kappa shape index (κ1) is 23.5. The van der Waals surface area contributed by atoms with Crippen molar-refractivity contribution in [3.05, 3.63) is 48.3 Å². The number of alkyl halides is 4. The first-order chi connectivity index (χ1) is 17.2. The Balaban J connectivity index is 1.31. The molecule has 1 heterocycles. The third-order valence-corrected chi connectivity index (χ3v) is 8.61. The highest BCUT2D eigenvalue weighted by Crippen LogP contribution is 2.64. The van der Waals surface area contributed by atoms with Crippen molar-refractivity contribution in [3.63, 3.8) is 0 Å². The third-order valence-electron chi connectivity index (χ3n) is 8.61. The maximum atomic E-state index is 15.3. The number of anilines is 1. The summed E-state index contributed by atoms with van der Waals surface area (Å²) in [5, 5.41) is 7.02. The molecule has 4 aliphatic carbocycles. The molecular weight excluding hydrogens is 470 g/mol. The minimum atomic E-state index is -4.64. The van der Waals surface area contributed by atoms with Crippen molar-refractivity contribution in [1.29, 1.82) is 0 Å². The molecule has 1 amide bonds. The Hall–Kier alpha value is -2.90. The summed E-state index contributed by atoms with van der Waals surface area (Å²) in [7, 11) is 0. The molecule has 0 bridgehead atoms. The molecule has 0 saturated heterocycles. The zero-order chi connectivity index (χ0) is 25.2. The molecule has 4 saturated carbocycles. The summed E-state index contributed by atoms with van der Waals surface area (Å²) in [5.41, 5.74) is -0.351. The number of nitrogens with one attached hydrogen (secondary N) is 2. The van der Waals surface area contributed by atoms with E-state index in [9.17, 15) is 18.0 Å². The molecule has 2 aromatic rings. The topological polar surface area (TPSA) is 54.0 Å². The zero-order valence-electron chi connectivity index (χ0n) is 19.8. The summed E-state index contributed by atoms with van der Waals surface area (Å²) in [4.78, 5) is 16.1. The highest BCUT2D eigenvalue weighted by molar-refractivity contribution is 6.00. The van der Waals surface area contributed by atoms with Crippen molar-refractivity contribution in [2.75, 3.05) is 11.9 Å². The van der Waals surface area contributed by atoms with Gasteiger partial charge in [0, 0.05) is 28.9 Å². The van der Waals surface area contributed by atoms with Gasteiger partial charge in [0.25, 0.3) is 0 Å². The molecule has 6 rings (SSSR count). The second kappa shape index (κ2) is 8.60. The van der Waals surface area contributed by atoms with Crippen molar-refractivity contribution in [1.82, 2.24) is 10.3 Å². The second-order valence-corrected chi connectivity index (χ2v) is 10.9. The molecule has 4 fully saturated rings. The molecule has 36 heavy (non-hydrogen) atoms. The zero-order valence-corrected chi connectivity index (χ0v) is 19.8. The van der Waals surface area contributed by atoms with Crippen LogP contribution in [0.3, 0.4) is 0 Å². The van der Waals surface area contributed by atoms with Crippen LogP contribution < -0.4 is 10.6 Å². The minimum absolute atomic E-state index is 0.0107. The Morgan fingerprint density at radius 2 is 1.92 bits per heavy atom. The van der Waals surface area contributed by atoms with E-state index in [1.165, 1.54) is 0 Å². The summed E-state index contributed by atoms with van der Waals surface area (Å²) < 4.78 is 56.3. The van der Waals surface area contributed by atoms with Crippen LogP contribution in [-0.2, 0) is 4.79 Å². The first-order valence-corrected chi connectivity index (χ1v) is 12.8. The number of carbonyl (C=O) groups excluding carboxylic acids is 1. The van der Waals surface area contributed by atoms with E-state index < -0.39 is 17.9 Å². The number of hydrogen-bond donors (Lipinski definition) is 2. The number of rotatable bonds is 7. The molecule has 0 radical (unpaired) electrons. The summed E-state index contributed by atoms with van der Waals surface area (Å²) in [6.45, 7) is 3.55. The monoisotopic (exact) mass is 499 g/mol. The molecule has 8 heteroatoms. The van der Waals surface area contributed by atoms with E-state index in [1.54, 1.807) is 36.4 Å². The fraction of sp³-hybridized carbons (Fsp3) is 0.500. The first-order valence-electron chi connectivity index (χ1n) is 12.8. The van der Waals surface area contributed by atoms with Gasteiger partial charge in [-0.15, -0.1) is 0 Å². The number of hydrogen-bond acceptors (Lipinski definition) is 3. The van der Waals surface area contributed by atoms with E-state index in [-0.39, 0.29) is 36.0 Å². The molecule has 1 aromatic carbocycles. The van der Waals surface area contributed by atoms with Crippen molar-refractivity contribution in [2.45, 2.75) is 50.5 Å². The maximum Gasteiger partial charge on any atom is 0.417 e. The quantitative estimate of drug-likeness (QED) is 0.450. The molecule has 6 atom stereocenters. The lowest BCUT2D eigenvalue weighted by Crippen LogP contribution is -2.62. The van der Waals surface area contributed by atoms with E-state index in [0.717, 1.165) is 32.1 Å². The molecule has 4 aliphatic rings. The van der Waals surface area contributed by atoms with Gasteiger partial charge in [-0.2, -0.15) is 13.2 Å². The molecule has 3 unspecified atom stereocenters. The molecule has 190 valence electrons. The van der Waals surface area contributed by atoms with Crippen LogP contribution in [0.1, 0.15) is 43.5 Å². The number of benzene rings is 1. The van der Waals surface area contributed by atoms with Crippen LogP contribution in [0.5, 0.6) is 0 Å². The normalized spacial score (nSPS) is 30.9. The van der Waals surface area contributed by atoms with Crippen molar-refractivity contribution >= 4 is 34.0 Å². The van der Waals surface area contributed by atoms with E-state index >= 15 is 4.39 Å². The lowest BCUT2D eigenvalue weighted by Gasteiger charge is -2.64. The van der Waals surface area contributed by atoms with Crippen LogP contribution in [0.15, 0.2) is 36.9 Å². The number of pyridine rings is 1. The number of carbonyl (C=O) groups is 1. The molecule has 2 N–H and O–H groups in total. The van der Waals surface area contributed by atoms with Crippen LogP contribution >= 0.6 is 0 Å².